The molecule has 0 bridgehead atoms. The van der Waals surface area contributed by atoms with Gasteiger partial charge < -0.3 is 9.84 Å². The molecule has 11 heavy (non-hydrogen) atoms. The summed E-state index contributed by atoms with van der Waals surface area (Å²) in [5.74, 6) is -3.97. The fourth-order valence-electron chi connectivity index (χ4n) is 1.30. The zero-order valence-electron chi connectivity index (χ0n) is 6.55. The minimum atomic E-state index is -3.08. The van der Waals surface area contributed by atoms with E-state index in [2.05, 4.69) is 4.74 Å². The van der Waals surface area contributed by atoms with Crippen LogP contribution in [-0.4, -0.2) is 23.4 Å². The molecule has 4 heteroatoms. The summed E-state index contributed by atoms with van der Waals surface area (Å²) in [6, 6.07) is 0. The van der Waals surface area contributed by atoms with Gasteiger partial charge in [-0.15, -0.1) is 0 Å². The maximum atomic E-state index is 12.8. The molecule has 1 aliphatic heterocycles. The van der Waals surface area contributed by atoms with Gasteiger partial charge in [0.25, 0.3) is 0 Å². The Morgan fingerprint density at radius 2 is 2.09 bits per heavy atom. The fraction of sp³-hybridized carbons (Fsp3) is 1.00. The minimum absolute atomic E-state index is 0.508. The van der Waals surface area contributed by atoms with Crippen LogP contribution in [0.2, 0.25) is 0 Å². The topological polar surface area (TPSA) is 29.5 Å². The quantitative estimate of drug-likeness (QED) is 0.637. The number of hydrogen-bond acceptors (Lipinski definition) is 2. The molecule has 0 spiro atoms. The number of halogens is 2. The predicted molar refractivity (Wildman–Crippen MR) is 35.3 cm³/mol. The molecule has 1 N–H and O–H groups in total. The summed E-state index contributed by atoms with van der Waals surface area (Å²) in [6.45, 7) is 3.15. The van der Waals surface area contributed by atoms with E-state index in [0.29, 0.717) is 6.42 Å². The van der Waals surface area contributed by atoms with Crippen LogP contribution in [0.15, 0.2) is 0 Å². The van der Waals surface area contributed by atoms with Crippen molar-refractivity contribution < 1.29 is 18.6 Å². The first-order chi connectivity index (χ1) is 5.00. The number of hydrogen-bond donors (Lipinski definition) is 1. The van der Waals surface area contributed by atoms with E-state index in [0.717, 1.165) is 0 Å². The van der Waals surface area contributed by atoms with Crippen molar-refractivity contribution in [2.24, 2.45) is 5.92 Å². The fourth-order valence-corrected chi connectivity index (χ4v) is 1.30. The van der Waals surface area contributed by atoms with E-state index in [1.165, 1.54) is 6.92 Å². The molecular weight excluding hydrogens is 154 g/mol. The van der Waals surface area contributed by atoms with Crippen LogP contribution in [0.4, 0.5) is 8.78 Å². The third-order valence-corrected chi connectivity index (χ3v) is 2.20. The Morgan fingerprint density at radius 3 is 2.27 bits per heavy atom. The number of ether oxygens (including phenoxy) is 1. The van der Waals surface area contributed by atoms with Crippen LogP contribution in [0.25, 0.3) is 0 Å². The van der Waals surface area contributed by atoms with Crippen LogP contribution >= 0.6 is 0 Å². The van der Waals surface area contributed by atoms with Crippen molar-refractivity contribution in [3.8, 4) is 0 Å². The van der Waals surface area contributed by atoms with Crippen LogP contribution in [0, 0.1) is 5.92 Å². The molecule has 0 radical (unpaired) electrons. The van der Waals surface area contributed by atoms with Gasteiger partial charge in [-0.3, -0.25) is 0 Å². The molecule has 0 aromatic rings. The highest BCUT2D eigenvalue weighted by molar-refractivity contribution is 4.88. The smallest absolute Gasteiger partial charge is 0.302 e. The second kappa shape index (κ2) is 2.68. The van der Waals surface area contributed by atoms with Gasteiger partial charge in [-0.25, -0.2) is 8.78 Å². The highest BCUT2D eigenvalue weighted by Crippen LogP contribution is 2.40. The molecule has 2 nitrogen and oxygen atoms in total. The maximum Gasteiger partial charge on any atom is 0.302 e. The van der Waals surface area contributed by atoms with E-state index in [9.17, 15) is 8.78 Å². The lowest BCUT2D eigenvalue weighted by Crippen LogP contribution is -2.33. The maximum absolute atomic E-state index is 12.8. The van der Waals surface area contributed by atoms with Crippen molar-refractivity contribution in [2.75, 3.05) is 0 Å². The monoisotopic (exact) mass is 166 g/mol. The molecule has 0 aliphatic carbocycles. The summed E-state index contributed by atoms with van der Waals surface area (Å²) in [5, 5.41) is 8.76. The zero-order valence-corrected chi connectivity index (χ0v) is 6.55. The zero-order chi connectivity index (χ0) is 8.65. The number of rotatable bonds is 1. The van der Waals surface area contributed by atoms with Gasteiger partial charge >= 0.3 is 5.92 Å². The van der Waals surface area contributed by atoms with E-state index < -0.39 is 24.2 Å². The van der Waals surface area contributed by atoms with Crippen molar-refractivity contribution in [2.45, 2.75) is 38.6 Å². The van der Waals surface area contributed by atoms with Crippen LogP contribution < -0.4 is 0 Å². The van der Waals surface area contributed by atoms with Crippen molar-refractivity contribution >= 4 is 0 Å². The molecule has 1 rings (SSSR count). The van der Waals surface area contributed by atoms with Crippen molar-refractivity contribution in [1.29, 1.82) is 0 Å². The number of aliphatic hydroxyl groups is 1. The number of aliphatic hydroxyl groups excluding tert-OH is 1. The van der Waals surface area contributed by atoms with Crippen LogP contribution in [0.1, 0.15) is 20.3 Å². The molecule has 0 amide bonds. The van der Waals surface area contributed by atoms with Gasteiger partial charge in [-0.2, -0.15) is 0 Å². The molecule has 1 fully saturated rings. The second-order valence-electron chi connectivity index (χ2n) is 2.90. The summed E-state index contributed by atoms with van der Waals surface area (Å²) >= 11 is 0. The summed E-state index contributed by atoms with van der Waals surface area (Å²) in [7, 11) is 0. The van der Waals surface area contributed by atoms with Gasteiger partial charge in [-0.05, 0) is 6.42 Å². The normalized spacial score (nSPS) is 42.8. The summed E-state index contributed by atoms with van der Waals surface area (Å²) < 4.78 is 30.2. The van der Waals surface area contributed by atoms with E-state index in [-0.39, 0.29) is 0 Å². The first kappa shape index (κ1) is 8.87. The van der Waals surface area contributed by atoms with Crippen LogP contribution in [0.5, 0.6) is 0 Å². The number of alkyl halides is 2. The Bertz CT molecular complexity index is 149. The van der Waals surface area contributed by atoms with Gasteiger partial charge in [0.1, 0.15) is 0 Å². The molecule has 0 aromatic heterocycles. The van der Waals surface area contributed by atoms with Gasteiger partial charge in [0.05, 0.1) is 12.0 Å². The van der Waals surface area contributed by atoms with Crippen molar-refractivity contribution in [3.63, 3.8) is 0 Å². The van der Waals surface area contributed by atoms with Gasteiger partial charge in [0.15, 0.2) is 0 Å². The molecular formula is C7H12F2O2. The molecule has 0 aromatic carbocycles. The SMILES string of the molecule is CC[C@H]1OC(O)C(F)(F)[C@@H]1C. The average Bonchev–Trinajstić information content (AvgIpc) is 2.14. The predicted octanol–water partition coefficient (Wildman–Crippen LogP) is 1.39. The minimum Gasteiger partial charge on any atom is -0.363 e. The highest BCUT2D eigenvalue weighted by Gasteiger charge is 2.55. The Labute approximate surface area is 64.2 Å². The Balaban J connectivity index is 2.71. The Hall–Kier alpha value is -0.220. The average molecular weight is 166 g/mol. The molecule has 66 valence electrons. The van der Waals surface area contributed by atoms with Crippen LogP contribution in [-0.2, 0) is 4.74 Å². The first-order valence-corrected chi connectivity index (χ1v) is 3.71. The van der Waals surface area contributed by atoms with E-state index in [4.69, 9.17) is 5.11 Å². The molecule has 1 saturated heterocycles. The summed E-state index contributed by atoms with van der Waals surface area (Å²) in [5.41, 5.74) is 0. The molecule has 1 unspecified atom stereocenters. The molecule has 0 saturated carbocycles. The third-order valence-electron chi connectivity index (χ3n) is 2.20. The molecule has 3 atom stereocenters. The summed E-state index contributed by atoms with van der Waals surface area (Å²) in [6.07, 6.45) is -1.92. The largest absolute Gasteiger partial charge is 0.363 e. The lowest BCUT2D eigenvalue weighted by atomic mass is 9.98. The highest BCUT2D eigenvalue weighted by atomic mass is 19.3. The van der Waals surface area contributed by atoms with Gasteiger partial charge in [-0.1, -0.05) is 13.8 Å². The third kappa shape index (κ3) is 1.25. The molecule has 1 heterocycles. The Kier molecular flexibility index (Phi) is 2.16. The van der Waals surface area contributed by atoms with Crippen molar-refractivity contribution in [3.05, 3.63) is 0 Å². The first-order valence-electron chi connectivity index (χ1n) is 3.71. The van der Waals surface area contributed by atoms with Gasteiger partial charge in [0, 0.05) is 0 Å². The standard InChI is InChI=1S/C7H12F2O2/c1-3-5-4(2)7(8,9)6(10)11-5/h4-6,10H,3H2,1-2H3/t4-,5-,6?/m1/s1. The Morgan fingerprint density at radius 1 is 1.55 bits per heavy atom. The van der Waals surface area contributed by atoms with E-state index in [1.54, 1.807) is 6.92 Å². The molecule has 1 aliphatic rings. The van der Waals surface area contributed by atoms with E-state index in [1.807, 2.05) is 0 Å². The van der Waals surface area contributed by atoms with Crippen molar-refractivity contribution in [1.82, 2.24) is 0 Å². The van der Waals surface area contributed by atoms with E-state index >= 15 is 0 Å². The summed E-state index contributed by atoms with van der Waals surface area (Å²) in [4.78, 5) is 0. The van der Waals surface area contributed by atoms with Gasteiger partial charge in [0.2, 0.25) is 6.29 Å². The second-order valence-corrected chi connectivity index (χ2v) is 2.90. The van der Waals surface area contributed by atoms with Crippen LogP contribution in [0.3, 0.4) is 0 Å². The lowest BCUT2D eigenvalue weighted by molar-refractivity contribution is -0.191. The lowest BCUT2D eigenvalue weighted by Gasteiger charge is -2.16.